The number of aryl methyl sites for hydroxylation is 2. The summed E-state index contributed by atoms with van der Waals surface area (Å²) in [6.45, 7) is 4.30. The molecule has 0 bridgehead atoms. The van der Waals surface area contributed by atoms with Gasteiger partial charge >= 0.3 is 0 Å². The Hall–Kier alpha value is -1.32. The summed E-state index contributed by atoms with van der Waals surface area (Å²) >= 11 is 3.42. The van der Waals surface area contributed by atoms with Crippen LogP contribution in [0.25, 0.3) is 0 Å². The van der Waals surface area contributed by atoms with E-state index in [9.17, 15) is 5.11 Å². The fourth-order valence-electron chi connectivity index (χ4n) is 2.58. The zero-order valence-electron chi connectivity index (χ0n) is 12.7. The zero-order valence-corrected chi connectivity index (χ0v) is 14.3. The summed E-state index contributed by atoms with van der Waals surface area (Å²) in [6.07, 6.45) is 1.31. The lowest BCUT2D eigenvalue weighted by Crippen LogP contribution is -2.04. The average molecular weight is 349 g/mol. The van der Waals surface area contributed by atoms with Crippen LogP contribution in [-0.2, 0) is 12.8 Å². The molecule has 1 unspecified atom stereocenters. The van der Waals surface area contributed by atoms with Gasteiger partial charge in [0.05, 0.1) is 7.11 Å². The minimum Gasteiger partial charge on any atom is -0.496 e. The van der Waals surface area contributed by atoms with Gasteiger partial charge in [-0.3, -0.25) is 0 Å². The Balaban J connectivity index is 2.42. The minimum atomic E-state index is -0.677. The van der Waals surface area contributed by atoms with Gasteiger partial charge < -0.3 is 9.84 Å². The summed E-state index contributed by atoms with van der Waals surface area (Å²) in [6, 6.07) is 11.9. The van der Waals surface area contributed by atoms with E-state index in [4.69, 9.17) is 4.74 Å². The Morgan fingerprint density at radius 2 is 1.76 bits per heavy atom. The Bertz CT molecular complexity index is 623. The molecule has 3 heteroatoms. The van der Waals surface area contributed by atoms with Gasteiger partial charge in [0.25, 0.3) is 0 Å². The number of aliphatic hydroxyl groups is 1. The molecule has 0 radical (unpaired) electrons. The lowest BCUT2D eigenvalue weighted by Gasteiger charge is -2.17. The van der Waals surface area contributed by atoms with Gasteiger partial charge in [-0.25, -0.2) is 0 Å². The van der Waals surface area contributed by atoms with Gasteiger partial charge in [-0.2, -0.15) is 0 Å². The van der Waals surface area contributed by atoms with Gasteiger partial charge in [0, 0.05) is 10.0 Å². The molecule has 2 aromatic rings. The maximum absolute atomic E-state index is 10.7. The first-order chi connectivity index (χ1) is 10.1. The highest BCUT2D eigenvalue weighted by Gasteiger charge is 2.16. The second kappa shape index (κ2) is 7.10. The molecule has 2 aromatic carbocycles. The molecule has 0 saturated carbocycles. The molecular formula is C18H21BrO2. The smallest absolute Gasteiger partial charge is 0.126 e. The Morgan fingerprint density at radius 3 is 2.38 bits per heavy atom. The molecule has 112 valence electrons. The summed E-state index contributed by atoms with van der Waals surface area (Å²) in [7, 11) is 1.62. The summed E-state index contributed by atoms with van der Waals surface area (Å²) in [5, 5.41) is 10.7. The van der Waals surface area contributed by atoms with E-state index < -0.39 is 6.10 Å². The molecule has 2 rings (SSSR count). The van der Waals surface area contributed by atoms with Crippen LogP contribution in [-0.4, -0.2) is 12.2 Å². The fraction of sp³-hybridized carbons (Fsp3) is 0.333. The monoisotopic (exact) mass is 348 g/mol. The summed E-state index contributed by atoms with van der Waals surface area (Å²) in [5.74, 6) is 0.689. The molecule has 1 atom stereocenters. The van der Waals surface area contributed by atoms with Crippen LogP contribution in [0.4, 0.5) is 0 Å². The van der Waals surface area contributed by atoms with Crippen molar-refractivity contribution in [2.45, 2.75) is 32.8 Å². The standard InChI is InChI=1S/C18H21BrO2/c1-4-12-6-7-14(10-13(12)5-2)18(20)16-9-8-15(19)11-17(16)21-3/h6-11,18,20H,4-5H2,1-3H3. The first-order valence-corrected chi connectivity index (χ1v) is 8.03. The van der Waals surface area contributed by atoms with Crippen molar-refractivity contribution in [2.24, 2.45) is 0 Å². The van der Waals surface area contributed by atoms with Crippen LogP contribution >= 0.6 is 15.9 Å². The van der Waals surface area contributed by atoms with E-state index in [1.165, 1.54) is 11.1 Å². The Labute approximate surface area is 134 Å². The highest BCUT2D eigenvalue weighted by Crippen LogP contribution is 2.33. The third-order valence-corrected chi connectivity index (χ3v) is 4.29. The van der Waals surface area contributed by atoms with Gasteiger partial charge in [0.1, 0.15) is 11.9 Å². The van der Waals surface area contributed by atoms with Crippen molar-refractivity contribution in [3.63, 3.8) is 0 Å². The zero-order chi connectivity index (χ0) is 15.4. The molecule has 2 nitrogen and oxygen atoms in total. The topological polar surface area (TPSA) is 29.5 Å². The number of aliphatic hydroxyl groups excluding tert-OH is 1. The molecule has 21 heavy (non-hydrogen) atoms. The fourth-order valence-corrected chi connectivity index (χ4v) is 2.92. The van der Waals surface area contributed by atoms with Crippen LogP contribution in [0.3, 0.4) is 0 Å². The number of hydrogen-bond donors (Lipinski definition) is 1. The van der Waals surface area contributed by atoms with Crippen molar-refractivity contribution in [3.05, 3.63) is 63.1 Å². The third-order valence-electron chi connectivity index (χ3n) is 3.80. The highest BCUT2D eigenvalue weighted by atomic mass is 79.9. The Morgan fingerprint density at radius 1 is 1.05 bits per heavy atom. The van der Waals surface area contributed by atoms with Crippen molar-refractivity contribution < 1.29 is 9.84 Å². The molecule has 1 N–H and O–H groups in total. The van der Waals surface area contributed by atoms with Crippen LogP contribution in [0.2, 0.25) is 0 Å². The molecule has 0 aliphatic heterocycles. The molecule has 0 spiro atoms. The molecule has 0 aromatic heterocycles. The SMILES string of the molecule is CCc1ccc(C(O)c2ccc(Br)cc2OC)cc1CC. The molecular weight excluding hydrogens is 328 g/mol. The Kier molecular flexibility index (Phi) is 5.43. The average Bonchev–Trinajstić information content (AvgIpc) is 2.53. The molecule has 0 heterocycles. The van der Waals surface area contributed by atoms with E-state index in [-0.39, 0.29) is 0 Å². The van der Waals surface area contributed by atoms with E-state index >= 15 is 0 Å². The van der Waals surface area contributed by atoms with E-state index in [1.807, 2.05) is 24.3 Å². The minimum absolute atomic E-state index is 0.677. The molecule has 0 aliphatic carbocycles. The molecule has 0 amide bonds. The van der Waals surface area contributed by atoms with Crippen molar-refractivity contribution in [1.29, 1.82) is 0 Å². The maximum atomic E-state index is 10.7. The van der Waals surface area contributed by atoms with E-state index in [1.54, 1.807) is 7.11 Å². The first-order valence-electron chi connectivity index (χ1n) is 7.23. The van der Waals surface area contributed by atoms with Crippen LogP contribution in [0.5, 0.6) is 5.75 Å². The van der Waals surface area contributed by atoms with Crippen molar-refractivity contribution in [3.8, 4) is 5.75 Å². The van der Waals surface area contributed by atoms with Gasteiger partial charge in [-0.05, 0) is 41.7 Å². The molecule has 0 aliphatic rings. The number of rotatable bonds is 5. The summed E-state index contributed by atoms with van der Waals surface area (Å²) in [4.78, 5) is 0. The van der Waals surface area contributed by atoms with Gasteiger partial charge in [-0.1, -0.05) is 54.0 Å². The van der Waals surface area contributed by atoms with Crippen LogP contribution in [0, 0.1) is 0 Å². The third kappa shape index (κ3) is 3.47. The predicted octanol–water partition coefficient (Wildman–Crippen LogP) is 4.66. The van der Waals surface area contributed by atoms with Gasteiger partial charge in [-0.15, -0.1) is 0 Å². The lowest BCUT2D eigenvalue weighted by molar-refractivity contribution is 0.214. The van der Waals surface area contributed by atoms with Crippen LogP contribution < -0.4 is 4.74 Å². The number of halogens is 1. The van der Waals surface area contributed by atoms with Crippen LogP contribution in [0.15, 0.2) is 40.9 Å². The number of benzene rings is 2. The first kappa shape index (κ1) is 16.1. The predicted molar refractivity (Wildman–Crippen MR) is 90.0 cm³/mol. The van der Waals surface area contributed by atoms with E-state index in [0.29, 0.717) is 5.75 Å². The van der Waals surface area contributed by atoms with Crippen LogP contribution in [0.1, 0.15) is 42.2 Å². The molecule has 0 fully saturated rings. The second-order valence-electron chi connectivity index (χ2n) is 5.02. The van der Waals surface area contributed by atoms with Crippen molar-refractivity contribution in [1.82, 2.24) is 0 Å². The number of ether oxygens (including phenoxy) is 1. The van der Waals surface area contributed by atoms with Crippen molar-refractivity contribution in [2.75, 3.05) is 7.11 Å². The second-order valence-corrected chi connectivity index (χ2v) is 5.94. The number of hydrogen-bond acceptors (Lipinski definition) is 2. The largest absolute Gasteiger partial charge is 0.496 e. The highest BCUT2D eigenvalue weighted by molar-refractivity contribution is 9.10. The van der Waals surface area contributed by atoms with E-state index in [0.717, 1.165) is 28.4 Å². The lowest BCUT2D eigenvalue weighted by atomic mass is 9.94. The number of methoxy groups -OCH3 is 1. The normalized spacial score (nSPS) is 12.2. The van der Waals surface area contributed by atoms with Crippen molar-refractivity contribution >= 4 is 15.9 Å². The maximum Gasteiger partial charge on any atom is 0.126 e. The molecule has 0 saturated heterocycles. The summed E-state index contributed by atoms with van der Waals surface area (Å²) < 4.78 is 6.32. The van der Waals surface area contributed by atoms with Gasteiger partial charge in [0.15, 0.2) is 0 Å². The summed E-state index contributed by atoms with van der Waals surface area (Å²) in [5.41, 5.74) is 4.33. The van der Waals surface area contributed by atoms with E-state index in [2.05, 4.69) is 41.9 Å². The quantitative estimate of drug-likeness (QED) is 0.850. The van der Waals surface area contributed by atoms with Gasteiger partial charge in [0.2, 0.25) is 0 Å².